The number of piperidine rings is 1. The van der Waals surface area contributed by atoms with Gasteiger partial charge in [0.05, 0.1) is 11.9 Å². The second-order valence-electron chi connectivity index (χ2n) is 7.47. The summed E-state index contributed by atoms with van der Waals surface area (Å²) in [6.45, 7) is 2.95. The fourth-order valence-corrected chi connectivity index (χ4v) is 4.17. The van der Waals surface area contributed by atoms with Crippen molar-refractivity contribution in [1.29, 1.82) is 0 Å². The molecule has 4 rings (SSSR count). The molecule has 2 N–H and O–H groups in total. The van der Waals surface area contributed by atoms with Gasteiger partial charge >= 0.3 is 0 Å². The van der Waals surface area contributed by atoms with Crippen molar-refractivity contribution in [2.75, 3.05) is 13.1 Å². The zero-order valence-electron chi connectivity index (χ0n) is 16.4. The Bertz CT molecular complexity index is 1020. The number of likely N-dealkylation sites (tertiary alicyclic amines) is 1. The molecule has 1 fully saturated rings. The first kappa shape index (κ1) is 20.8. The molecule has 1 aliphatic heterocycles. The minimum atomic E-state index is -2.00. The molecule has 158 valence electrons. The van der Waals surface area contributed by atoms with Crippen molar-refractivity contribution < 1.29 is 13.2 Å². The van der Waals surface area contributed by atoms with E-state index in [2.05, 4.69) is 32.1 Å². The minimum absolute atomic E-state index is 0.322. The molecule has 1 aromatic heterocycles. The number of halogens is 1. The Balaban J connectivity index is 1.33. The van der Waals surface area contributed by atoms with E-state index >= 15 is 0 Å². The summed E-state index contributed by atoms with van der Waals surface area (Å²) in [6, 6.07) is 14.7. The van der Waals surface area contributed by atoms with Crippen LogP contribution in [-0.2, 0) is 24.4 Å². The Morgan fingerprint density at radius 2 is 1.97 bits per heavy atom. The highest BCUT2D eigenvalue weighted by molar-refractivity contribution is 7.77. The predicted octanol–water partition coefficient (Wildman–Crippen LogP) is 3.01. The third-order valence-electron chi connectivity index (χ3n) is 5.44. The first-order chi connectivity index (χ1) is 14.6. The first-order valence-electron chi connectivity index (χ1n) is 9.90. The van der Waals surface area contributed by atoms with Gasteiger partial charge in [-0.05, 0) is 55.1 Å². The number of rotatable bonds is 7. The van der Waals surface area contributed by atoms with E-state index in [0.29, 0.717) is 24.7 Å². The van der Waals surface area contributed by atoms with Gasteiger partial charge < -0.3 is 0 Å². The van der Waals surface area contributed by atoms with E-state index in [1.165, 1.54) is 16.3 Å². The number of benzene rings is 2. The van der Waals surface area contributed by atoms with Crippen molar-refractivity contribution in [2.45, 2.75) is 31.8 Å². The van der Waals surface area contributed by atoms with E-state index in [-0.39, 0.29) is 5.82 Å². The number of hydrogen-bond donors (Lipinski definition) is 2. The van der Waals surface area contributed by atoms with E-state index in [0.717, 1.165) is 37.2 Å². The van der Waals surface area contributed by atoms with E-state index in [9.17, 15) is 8.60 Å². The van der Waals surface area contributed by atoms with Crippen LogP contribution < -0.4 is 4.72 Å². The van der Waals surface area contributed by atoms with Crippen LogP contribution in [0.5, 0.6) is 0 Å². The zero-order chi connectivity index (χ0) is 20.9. The molecule has 1 atom stereocenters. The Kier molecular flexibility index (Phi) is 6.63. The molecule has 9 heteroatoms. The quantitative estimate of drug-likeness (QED) is 0.564. The molecule has 0 aliphatic carbocycles. The van der Waals surface area contributed by atoms with Crippen LogP contribution in [-0.4, -0.2) is 41.7 Å². The number of nitrogens with one attached hydrogen (secondary N) is 1. The summed E-state index contributed by atoms with van der Waals surface area (Å²) in [5.41, 5.74) is 3.49. The molecule has 0 amide bonds. The second-order valence-corrected chi connectivity index (χ2v) is 8.26. The fraction of sp³-hybridized carbons (Fsp3) is 0.333. The van der Waals surface area contributed by atoms with Gasteiger partial charge in [0.2, 0.25) is 11.3 Å². The third kappa shape index (κ3) is 5.17. The standard InChI is InChI=1S/C21H24FN5O2S/c22-20-6-1-2-7-21(20)27-15-19(24-25-27)14-26-10-8-17(9-11-26)18-5-3-4-16(12-18)13-23-30(28)29/h1-7,12,15,17,23H,8-11,13-14H2,(H,28,29). The van der Waals surface area contributed by atoms with E-state index in [1.807, 2.05) is 12.1 Å². The normalized spacial score (nSPS) is 16.6. The first-order valence-corrected chi connectivity index (χ1v) is 11.0. The summed E-state index contributed by atoms with van der Waals surface area (Å²) in [6.07, 6.45) is 3.85. The summed E-state index contributed by atoms with van der Waals surface area (Å²) in [5, 5.41) is 8.27. The van der Waals surface area contributed by atoms with Crippen molar-refractivity contribution in [2.24, 2.45) is 0 Å². The van der Waals surface area contributed by atoms with Gasteiger partial charge in [0, 0.05) is 13.1 Å². The van der Waals surface area contributed by atoms with Crippen molar-refractivity contribution >= 4 is 11.3 Å². The Hall–Kier alpha value is -2.46. The highest BCUT2D eigenvalue weighted by atomic mass is 32.2. The van der Waals surface area contributed by atoms with Gasteiger partial charge in [-0.3, -0.25) is 9.45 Å². The van der Waals surface area contributed by atoms with Gasteiger partial charge in [-0.15, -0.1) is 5.10 Å². The summed E-state index contributed by atoms with van der Waals surface area (Å²) in [4.78, 5) is 2.34. The van der Waals surface area contributed by atoms with Gasteiger partial charge in [-0.25, -0.2) is 18.0 Å². The lowest BCUT2D eigenvalue weighted by Gasteiger charge is -2.31. The van der Waals surface area contributed by atoms with Crippen LogP contribution in [0.1, 0.15) is 35.6 Å². The largest absolute Gasteiger partial charge is 0.297 e. The number of hydrogen-bond acceptors (Lipinski definition) is 4. The van der Waals surface area contributed by atoms with Crippen LogP contribution in [0, 0.1) is 5.82 Å². The van der Waals surface area contributed by atoms with Gasteiger partial charge in [0.1, 0.15) is 11.5 Å². The van der Waals surface area contributed by atoms with Crippen LogP contribution in [0.4, 0.5) is 4.39 Å². The third-order valence-corrected chi connectivity index (χ3v) is 5.83. The molecule has 2 aromatic carbocycles. The lowest BCUT2D eigenvalue weighted by atomic mass is 9.88. The molecule has 2 heterocycles. The van der Waals surface area contributed by atoms with Gasteiger partial charge in [0.25, 0.3) is 0 Å². The highest BCUT2D eigenvalue weighted by Gasteiger charge is 2.21. The van der Waals surface area contributed by atoms with Crippen LogP contribution in [0.3, 0.4) is 0 Å². The molecule has 0 saturated carbocycles. The van der Waals surface area contributed by atoms with Crippen molar-refractivity contribution in [1.82, 2.24) is 24.6 Å². The maximum atomic E-state index is 13.9. The molecule has 1 saturated heterocycles. The van der Waals surface area contributed by atoms with Crippen LogP contribution in [0.2, 0.25) is 0 Å². The molecule has 0 spiro atoms. The lowest BCUT2D eigenvalue weighted by Crippen LogP contribution is -2.32. The minimum Gasteiger partial charge on any atom is -0.297 e. The van der Waals surface area contributed by atoms with Crippen molar-refractivity contribution in [3.63, 3.8) is 0 Å². The maximum Gasteiger partial charge on any atom is 0.232 e. The van der Waals surface area contributed by atoms with Crippen molar-refractivity contribution in [3.05, 3.63) is 77.4 Å². The maximum absolute atomic E-state index is 13.9. The molecule has 7 nitrogen and oxygen atoms in total. The monoisotopic (exact) mass is 429 g/mol. The van der Waals surface area contributed by atoms with Crippen LogP contribution in [0.15, 0.2) is 54.7 Å². The van der Waals surface area contributed by atoms with E-state index in [4.69, 9.17) is 4.55 Å². The molecule has 0 bridgehead atoms. The van der Waals surface area contributed by atoms with Gasteiger partial charge in [0.15, 0.2) is 0 Å². The topological polar surface area (TPSA) is 83.3 Å². The number of aromatic nitrogens is 3. The SMILES string of the molecule is O=S(O)NCc1cccc(C2CCN(Cc3cn(-c4ccccc4F)nn3)CC2)c1. The van der Waals surface area contributed by atoms with Gasteiger partial charge in [-0.1, -0.05) is 41.6 Å². The molecule has 0 radical (unpaired) electrons. The second kappa shape index (κ2) is 9.57. The Morgan fingerprint density at radius 3 is 2.73 bits per heavy atom. The van der Waals surface area contributed by atoms with Crippen LogP contribution in [0.25, 0.3) is 5.69 Å². The predicted molar refractivity (Wildman–Crippen MR) is 113 cm³/mol. The smallest absolute Gasteiger partial charge is 0.232 e. The number of nitrogens with zero attached hydrogens (tertiary/aromatic N) is 4. The molecule has 3 aromatic rings. The Morgan fingerprint density at radius 1 is 1.17 bits per heavy atom. The van der Waals surface area contributed by atoms with E-state index < -0.39 is 11.3 Å². The number of para-hydroxylation sites is 1. The van der Waals surface area contributed by atoms with Crippen molar-refractivity contribution in [3.8, 4) is 5.69 Å². The average Bonchev–Trinajstić information content (AvgIpc) is 3.21. The Labute approximate surface area is 177 Å². The highest BCUT2D eigenvalue weighted by Crippen LogP contribution is 2.29. The lowest BCUT2D eigenvalue weighted by molar-refractivity contribution is 0.202. The summed E-state index contributed by atoms with van der Waals surface area (Å²) >= 11 is -2.00. The summed E-state index contributed by atoms with van der Waals surface area (Å²) in [5.74, 6) is 0.146. The summed E-state index contributed by atoms with van der Waals surface area (Å²) in [7, 11) is 0. The van der Waals surface area contributed by atoms with Crippen LogP contribution >= 0.6 is 0 Å². The zero-order valence-corrected chi connectivity index (χ0v) is 17.3. The van der Waals surface area contributed by atoms with Gasteiger partial charge in [-0.2, -0.15) is 0 Å². The average molecular weight is 430 g/mol. The van der Waals surface area contributed by atoms with E-state index in [1.54, 1.807) is 24.4 Å². The molecule has 1 unspecified atom stereocenters. The fourth-order valence-electron chi connectivity index (χ4n) is 3.88. The molecular weight excluding hydrogens is 405 g/mol. The molecule has 30 heavy (non-hydrogen) atoms. The molecule has 1 aliphatic rings. The summed E-state index contributed by atoms with van der Waals surface area (Å²) < 4.78 is 37.6. The molecular formula is C21H24FN5O2S.